The fourth-order valence-corrected chi connectivity index (χ4v) is 2.85. The molecule has 6 heteroatoms. The molecule has 124 valence electrons. The molecule has 1 aliphatic rings. The van der Waals surface area contributed by atoms with E-state index in [1.165, 1.54) is 0 Å². The summed E-state index contributed by atoms with van der Waals surface area (Å²) in [7, 11) is 0. The van der Waals surface area contributed by atoms with Gasteiger partial charge in [-0.1, -0.05) is 24.1 Å². The molecule has 1 fully saturated rings. The summed E-state index contributed by atoms with van der Waals surface area (Å²) in [6.07, 6.45) is 3.68. The number of carbonyl (C=O) groups is 1. The SMILES string of the molecule is CC(CNC(=O)C1CCCC(N)C1)Oc1cccc(Cl)c1.Cl. The van der Waals surface area contributed by atoms with Crippen molar-refractivity contribution in [2.75, 3.05) is 6.54 Å². The van der Waals surface area contributed by atoms with E-state index in [1.807, 2.05) is 19.1 Å². The minimum atomic E-state index is -0.107. The number of ether oxygens (including phenoxy) is 1. The third-order valence-electron chi connectivity index (χ3n) is 3.78. The molecule has 1 aromatic carbocycles. The molecule has 3 N–H and O–H groups in total. The Morgan fingerprint density at radius 2 is 2.27 bits per heavy atom. The van der Waals surface area contributed by atoms with Crippen LogP contribution in [0.3, 0.4) is 0 Å². The predicted molar refractivity (Wildman–Crippen MR) is 91.7 cm³/mol. The number of nitrogens with one attached hydrogen (secondary N) is 1. The van der Waals surface area contributed by atoms with E-state index >= 15 is 0 Å². The lowest BCUT2D eigenvalue weighted by Crippen LogP contribution is -2.41. The van der Waals surface area contributed by atoms with Gasteiger partial charge in [-0.25, -0.2) is 0 Å². The van der Waals surface area contributed by atoms with Crippen LogP contribution in [-0.2, 0) is 4.79 Å². The summed E-state index contributed by atoms with van der Waals surface area (Å²) in [5, 5.41) is 3.59. The van der Waals surface area contributed by atoms with Crippen LogP contribution in [0, 0.1) is 5.92 Å². The van der Waals surface area contributed by atoms with Crippen molar-refractivity contribution in [3.05, 3.63) is 29.3 Å². The van der Waals surface area contributed by atoms with Crippen LogP contribution in [0.1, 0.15) is 32.6 Å². The van der Waals surface area contributed by atoms with Crippen molar-refractivity contribution in [3.8, 4) is 5.75 Å². The molecule has 0 aromatic heterocycles. The maximum atomic E-state index is 12.1. The van der Waals surface area contributed by atoms with E-state index in [2.05, 4.69) is 5.32 Å². The second-order valence-electron chi connectivity index (χ2n) is 5.75. The minimum absolute atomic E-state index is 0. The van der Waals surface area contributed by atoms with E-state index in [9.17, 15) is 4.79 Å². The van der Waals surface area contributed by atoms with E-state index in [1.54, 1.807) is 12.1 Å². The Balaban J connectivity index is 0.00000242. The number of hydrogen-bond donors (Lipinski definition) is 2. The second kappa shape index (κ2) is 9.23. The van der Waals surface area contributed by atoms with Gasteiger partial charge >= 0.3 is 0 Å². The number of halogens is 2. The molecular weight excluding hydrogens is 323 g/mol. The van der Waals surface area contributed by atoms with Crippen molar-refractivity contribution >= 4 is 29.9 Å². The van der Waals surface area contributed by atoms with Gasteiger partial charge in [0.1, 0.15) is 11.9 Å². The van der Waals surface area contributed by atoms with Gasteiger partial charge in [0.05, 0.1) is 6.54 Å². The third kappa shape index (κ3) is 6.03. The number of nitrogens with two attached hydrogens (primary N) is 1. The lowest BCUT2D eigenvalue weighted by atomic mass is 9.85. The molecule has 3 atom stereocenters. The normalized spacial score (nSPS) is 22.3. The third-order valence-corrected chi connectivity index (χ3v) is 4.02. The van der Waals surface area contributed by atoms with Crippen molar-refractivity contribution < 1.29 is 9.53 Å². The monoisotopic (exact) mass is 346 g/mol. The highest BCUT2D eigenvalue weighted by atomic mass is 35.5. The molecule has 0 saturated heterocycles. The fourth-order valence-electron chi connectivity index (χ4n) is 2.67. The van der Waals surface area contributed by atoms with Crippen LogP contribution in [0.5, 0.6) is 5.75 Å². The van der Waals surface area contributed by atoms with Crippen LogP contribution in [0.4, 0.5) is 0 Å². The highest BCUT2D eigenvalue weighted by molar-refractivity contribution is 6.30. The fraction of sp³-hybridized carbons (Fsp3) is 0.562. The second-order valence-corrected chi connectivity index (χ2v) is 6.19. The first-order chi connectivity index (χ1) is 10.0. The molecule has 2 rings (SSSR count). The van der Waals surface area contributed by atoms with Gasteiger partial charge in [-0.3, -0.25) is 4.79 Å². The van der Waals surface area contributed by atoms with Gasteiger partial charge in [0.15, 0.2) is 0 Å². The lowest BCUT2D eigenvalue weighted by molar-refractivity contribution is -0.126. The van der Waals surface area contributed by atoms with Gasteiger partial charge in [0, 0.05) is 17.0 Å². The van der Waals surface area contributed by atoms with Crippen LogP contribution in [-0.4, -0.2) is 24.6 Å². The molecular formula is C16H24Cl2N2O2. The summed E-state index contributed by atoms with van der Waals surface area (Å²) in [6, 6.07) is 7.42. The predicted octanol–water partition coefficient (Wildman–Crippen LogP) is 3.16. The summed E-state index contributed by atoms with van der Waals surface area (Å²) < 4.78 is 5.73. The molecule has 1 aromatic rings. The molecule has 4 nitrogen and oxygen atoms in total. The first kappa shape index (κ1) is 19.1. The minimum Gasteiger partial charge on any atom is -0.489 e. The molecule has 1 saturated carbocycles. The average Bonchev–Trinajstić information content (AvgIpc) is 2.45. The van der Waals surface area contributed by atoms with E-state index in [-0.39, 0.29) is 36.4 Å². The van der Waals surface area contributed by atoms with Gasteiger partial charge in [-0.05, 0) is 44.4 Å². The van der Waals surface area contributed by atoms with Crippen LogP contribution in [0.15, 0.2) is 24.3 Å². The van der Waals surface area contributed by atoms with Crippen molar-refractivity contribution in [2.45, 2.75) is 44.8 Å². The molecule has 22 heavy (non-hydrogen) atoms. The lowest BCUT2D eigenvalue weighted by Gasteiger charge is -2.26. The van der Waals surface area contributed by atoms with E-state index < -0.39 is 0 Å². The zero-order valence-corrected chi connectivity index (χ0v) is 14.3. The van der Waals surface area contributed by atoms with Crippen LogP contribution >= 0.6 is 24.0 Å². The molecule has 0 radical (unpaired) electrons. The van der Waals surface area contributed by atoms with Gasteiger partial charge < -0.3 is 15.8 Å². The molecule has 1 aliphatic carbocycles. The number of rotatable bonds is 5. The maximum Gasteiger partial charge on any atom is 0.223 e. The van der Waals surface area contributed by atoms with Crippen molar-refractivity contribution in [2.24, 2.45) is 11.7 Å². The molecule has 0 spiro atoms. The molecule has 0 aliphatic heterocycles. The zero-order chi connectivity index (χ0) is 15.2. The largest absolute Gasteiger partial charge is 0.489 e. The quantitative estimate of drug-likeness (QED) is 0.860. The number of hydrogen-bond acceptors (Lipinski definition) is 3. The Labute approximate surface area is 143 Å². The molecule has 0 heterocycles. The van der Waals surface area contributed by atoms with Gasteiger partial charge in [0.25, 0.3) is 0 Å². The summed E-state index contributed by atoms with van der Waals surface area (Å²) >= 11 is 5.91. The zero-order valence-electron chi connectivity index (χ0n) is 12.8. The van der Waals surface area contributed by atoms with Crippen LogP contribution < -0.4 is 15.8 Å². The maximum absolute atomic E-state index is 12.1. The van der Waals surface area contributed by atoms with Crippen molar-refractivity contribution in [1.82, 2.24) is 5.32 Å². The Morgan fingerprint density at radius 3 is 2.95 bits per heavy atom. The topological polar surface area (TPSA) is 64.4 Å². The summed E-state index contributed by atoms with van der Waals surface area (Å²) in [5.41, 5.74) is 5.92. The first-order valence-corrected chi connectivity index (χ1v) is 7.88. The van der Waals surface area contributed by atoms with Gasteiger partial charge in [-0.2, -0.15) is 0 Å². The Bertz CT molecular complexity index is 485. The Morgan fingerprint density at radius 1 is 1.50 bits per heavy atom. The number of benzene rings is 1. The first-order valence-electron chi connectivity index (χ1n) is 7.50. The Kier molecular flexibility index (Phi) is 8.01. The number of amides is 1. The molecule has 1 amide bonds. The standard InChI is InChI=1S/C16H23ClN2O2.ClH/c1-11(21-15-7-3-5-13(17)9-15)10-19-16(20)12-4-2-6-14(18)8-12;/h3,5,7,9,11-12,14H,2,4,6,8,10,18H2,1H3,(H,19,20);1H. The van der Waals surface area contributed by atoms with E-state index in [0.29, 0.717) is 17.3 Å². The van der Waals surface area contributed by atoms with Crippen molar-refractivity contribution in [1.29, 1.82) is 0 Å². The summed E-state index contributed by atoms with van der Waals surface area (Å²) in [5.74, 6) is 0.850. The average molecular weight is 347 g/mol. The summed E-state index contributed by atoms with van der Waals surface area (Å²) in [4.78, 5) is 12.1. The number of carbonyl (C=O) groups excluding carboxylic acids is 1. The molecule has 3 unspecified atom stereocenters. The van der Waals surface area contributed by atoms with Crippen LogP contribution in [0.2, 0.25) is 5.02 Å². The smallest absolute Gasteiger partial charge is 0.223 e. The van der Waals surface area contributed by atoms with Gasteiger partial charge in [-0.15, -0.1) is 12.4 Å². The molecule has 0 bridgehead atoms. The van der Waals surface area contributed by atoms with Crippen molar-refractivity contribution in [3.63, 3.8) is 0 Å². The van der Waals surface area contributed by atoms with E-state index in [4.69, 9.17) is 22.1 Å². The highest BCUT2D eigenvalue weighted by Gasteiger charge is 2.25. The van der Waals surface area contributed by atoms with Gasteiger partial charge in [0.2, 0.25) is 5.91 Å². The van der Waals surface area contributed by atoms with E-state index in [0.717, 1.165) is 25.7 Å². The summed E-state index contributed by atoms with van der Waals surface area (Å²) in [6.45, 7) is 2.41. The highest BCUT2D eigenvalue weighted by Crippen LogP contribution is 2.23. The van der Waals surface area contributed by atoms with Crippen LogP contribution in [0.25, 0.3) is 0 Å². The Hall–Kier alpha value is -0.970.